The van der Waals surface area contributed by atoms with Crippen LogP contribution in [0.5, 0.6) is 11.5 Å². The fourth-order valence-electron chi connectivity index (χ4n) is 3.46. The summed E-state index contributed by atoms with van der Waals surface area (Å²) in [5, 5.41) is 2.39. The molecule has 0 unspecified atom stereocenters. The molecule has 2 heterocycles. The number of furan rings is 1. The second kappa shape index (κ2) is 11.7. The Bertz CT molecular complexity index is 1370. The van der Waals surface area contributed by atoms with Crippen LogP contribution in [-0.2, 0) is 22.3 Å². The minimum Gasteiger partial charge on any atom is -0.490 e. The van der Waals surface area contributed by atoms with Crippen LogP contribution in [0.2, 0.25) is 0 Å². The van der Waals surface area contributed by atoms with Crippen molar-refractivity contribution in [3.63, 3.8) is 0 Å². The van der Waals surface area contributed by atoms with E-state index in [2.05, 4.69) is 5.32 Å². The van der Waals surface area contributed by atoms with Crippen molar-refractivity contribution in [3.05, 3.63) is 82.7 Å². The highest BCUT2D eigenvalue weighted by Gasteiger charge is 2.33. The summed E-state index contributed by atoms with van der Waals surface area (Å²) in [6, 6.07) is 12.7. The average molecular weight is 563 g/mol. The molecular formula is C26H21F3N2O5S2. The number of amides is 2. The van der Waals surface area contributed by atoms with Gasteiger partial charge in [0.2, 0.25) is 0 Å². The average Bonchev–Trinajstić information content (AvgIpc) is 3.47. The molecule has 1 fully saturated rings. The van der Waals surface area contributed by atoms with Gasteiger partial charge in [-0.15, -0.1) is 0 Å². The van der Waals surface area contributed by atoms with Gasteiger partial charge in [0.25, 0.3) is 11.8 Å². The third kappa shape index (κ3) is 6.75. The van der Waals surface area contributed by atoms with Crippen molar-refractivity contribution < 1.29 is 36.7 Å². The molecule has 0 atom stereocenters. The number of ether oxygens (including phenoxy) is 2. The predicted octanol–water partition coefficient (Wildman–Crippen LogP) is 6.12. The molecule has 0 aliphatic carbocycles. The molecule has 1 aliphatic heterocycles. The first kappa shape index (κ1) is 27.3. The largest absolute Gasteiger partial charge is 0.490 e. The molecule has 12 heteroatoms. The summed E-state index contributed by atoms with van der Waals surface area (Å²) in [5.41, 5.74) is -0.228. The Morgan fingerprint density at radius 2 is 1.95 bits per heavy atom. The van der Waals surface area contributed by atoms with Crippen molar-refractivity contribution in [1.82, 2.24) is 4.90 Å². The Morgan fingerprint density at radius 1 is 1.13 bits per heavy atom. The topological polar surface area (TPSA) is 81.0 Å². The number of anilines is 1. The summed E-state index contributed by atoms with van der Waals surface area (Å²) in [4.78, 5) is 27.0. The van der Waals surface area contributed by atoms with Crippen LogP contribution in [0, 0.1) is 0 Å². The smallest absolute Gasteiger partial charge is 0.416 e. The van der Waals surface area contributed by atoms with Gasteiger partial charge in [-0.25, -0.2) is 0 Å². The predicted molar refractivity (Wildman–Crippen MR) is 141 cm³/mol. The molecule has 1 saturated heterocycles. The number of hydrogen-bond donors (Lipinski definition) is 1. The normalized spacial score (nSPS) is 14.7. The molecule has 7 nitrogen and oxygen atoms in total. The van der Waals surface area contributed by atoms with E-state index in [0.717, 1.165) is 12.1 Å². The quantitative estimate of drug-likeness (QED) is 0.249. The van der Waals surface area contributed by atoms with Crippen molar-refractivity contribution in [3.8, 4) is 11.5 Å². The number of hydrogen-bond acceptors (Lipinski definition) is 7. The van der Waals surface area contributed by atoms with Crippen LogP contribution in [0.3, 0.4) is 0 Å². The maximum Gasteiger partial charge on any atom is 0.416 e. The Kier molecular flexibility index (Phi) is 8.42. The van der Waals surface area contributed by atoms with Crippen LogP contribution in [0.1, 0.15) is 23.8 Å². The van der Waals surface area contributed by atoms with Gasteiger partial charge in [-0.3, -0.25) is 14.5 Å². The Balaban J connectivity index is 1.42. The number of thiocarbonyl (C=S) groups is 1. The SMILES string of the molecule is CCOc1cc(/C=C2\SC(=S)N(Cc3ccco3)C2=O)ccc1OCC(=O)Nc1cccc(C(F)(F)F)c1. The van der Waals surface area contributed by atoms with Gasteiger partial charge in [-0.05, 0) is 61.0 Å². The summed E-state index contributed by atoms with van der Waals surface area (Å²) in [6.45, 7) is 1.85. The first-order valence-electron chi connectivity index (χ1n) is 11.3. The first-order chi connectivity index (χ1) is 18.1. The molecule has 38 heavy (non-hydrogen) atoms. The third-order valence-electron chi connectivity index (χ3n) is 5.17. The van der Waals surface area contributed by atoms with E-state index < -0.39 is 24.3 Å². The molecule has 198 valence electrons. The van der Waals surface area contributed by atoms with E-state index in [1.165, 1.54) is 35.1 Å². The maximum absolute atomic E-state index is 12.9. The van der Waals surface area contributed by atoms with E-state index in [1.807, 2.05) is 0 Å². The van der Waals surface area contributed by atoms with Gasteiger partial charge in [0.15, 0.2) is 18.1 Å². The van der Waals surface area contributed by atoms with Gasteiger partial charge < -0.3 is 19.2 Å². The van der Waals surface area contributed by atoms with Crippen molar-refractivity contribution in [2.75, 3.05) is 18.5 Å². The number of carbonyl (C=O) groups is 2. The number of alkyl halides is 3. The molecule has 2 aromatic carbocycles. The van der Waals surface area contributed by atoms with Gasteiger partial charge in [-0.1, -0.05) is 36.1 Å². The minimum absolute atomic E-state index is 0.00170. The van der Waals surface area contributed by atoms with E-state index in [4.69, 9.17) is 26.1 Å². The zero-order valence-electron chi connectivity index (χ0n) is 19.9. The highest BCUT2D eigenvalue weighted by atomic mass is 32.2. The maximum atomic E-state index is 12.9. The van der Waals surface area contributed by atoms with Crippen LogP contribution in [-0.4, -0.2) is 34.2 Å². The summed E-state index contributed by atoms with van der Waals surface area (Å²) >= 11 is 6.52. The number of nitrogens with one attached hydrogen (secondary N) is 1. The molecule has 4 rings (SSSR count). The third-order valence-corrected chi connectivity index (χ3v) is 6.54. The van der Waals surface area contributed by atoms with E-state index >= 15 is 0 Å². The first-order valence-corrected chi connectivity index (χ1v) is 12.5. The van der Waals surface area contributed by atoms with Crippen LogP contribution < -0.4 is 14.8 Å². The van der Waals surface area contributed by atoms with E-state index in [9.17, 15) is 22.8 Å². The van der Waals surface area contributed by atoms with Crippen molar-refractivity contribution >= 4 is 51.9 Å². The highest BCUT2D eigenvalue weighted by molar-refractivity contribution is 8.26. The number of halogens is 3. The lowest BCUT2D eigenvalue weighted by Crippen LogP contribution is -2.27. The summed E-state index contributed by atoms with van der Waals surface area (Å²) in [6.07, 6.45) is -1.32. The molecule has 3 aromatic rings. The molecule has 0 bridgehead atoms. The molecule has 0 spiro atoms. The van der Waals surface area contributed by atoms with Crippen LogP contribution in [0.4, 0.5) is 18.9 Å². The van der Waals surface area contributed by atoms with Crippen molar-refractivity contribution in [1.29, 1.82) is 0 Å². The van der Waals surface area contributed by atoms with Crippen LogP contribution >= 0.6 is 24.0 Å². The van der Waals surface area contributed by atoms with Gasteiger partial charge in [0.05, 0.1) is 29.9 Å². The van der Waals surface area contributed by atoms with Gasteiger partial charge >= 0.3 is 6.18 Å². The fraction of sp³-hybridized carbons (Fsp3) is 0.192. The highest BCUT2D eigenvalue weighted by Crippen LogP contribution is 2.36. The van der Waals surface area contributed by atoms with Crippen LogP contribution in [0.25, 0.3) is 6.08 Å². The fourth-order valence-corrected chi connectivity index (χ4v) is 4.72. The summed E-state index contributed by atoms with van der Waals surface area (Å²) in [5.74, 6) is 0.310. The van der Waals surface area contributed by atoms with Gasteiger partial charge in [-0.2, -0.15) is 13.2 Å². The second-order valence-electron chi connectivity index (χ2n) is 7.90. The van der Waals surface area contributed by atoms with Gasteiger partial charge in [0.1, 0.15) is 10.1 Å². The van der Waals surface area contributed by atoms with Gasteiger partial charge in [0, 0.05) is 5.69 Å². The number of carbonyl (C=O) groups excluding carboxylic acids is 2. The van der Waals surface area contributed by atoms with Crippen LogP contribution in [0.15, 0.2) is 70.2 Å². The Morgan fingerprint density at radius 3 is 2.66 bits per heavy atom. The zero-order chi connectivity index (χ0) is 27.3. The lowest BCUT2D eigenvalue weighted by Gasteiger charge is -2.13. The second-order valence-corrected chi connectivity index (χ2v) is 9.58. The standard InChI is InChI=1S/C26H21F3N2O5S2/c1-2-34-21-11-16(12-22-24(33)31(25(37)38-22)14-19-7-4-10-35-19)8-9-20(21)36-15-23(32)30-18-6-3-5-17(13-18)26(27,28)29/h3-13H,2,14-15H2,1H3,(H,30,32)/b22-12-. The lowest BCUT2D eigenvalue weighted by atomic mass is 10.2. The summed E-state index contributed by atoms with van der Waals surface area (Å²) < 4.78 is 55.6. The van der Waals surface area contributed by atoms with E-state index in [-0.39, 0.29) is 23.9 Å². The van der Waals surface area contributed by atoms with Crippen molar-refractivity contribution in [2.45, 2.75) is 19.6 Å². The number of thioether (sulfide) groups is 1. The Hall–Kier alpha value is -3.77. The lowest BCUT2D eigenvalue weighted by molar-refractivity contribution is -0.137. The molecule has 1 aromatic heterocycles. The number of benzene rings is 2. The van der Waals surface area contributed by atoms with Crippen molar-refractivity contribution in [2.24, 2.45) is 0 Å². The number of nitrogens with zero attached hydrogens (tertiary/aromatic N) is 1. The Labute approximate surface area is 225 Å². The van der Waals surface area contributed by atoms with E-state index in [0.29, 0.717) is 32.9 Å². The van der Waals surface area contributed by atoms with E-state index in [1.54, 1.807) is 43.3 Å². The monoisotopic (exact) mass is 562 g/mol. The molecule has 0 radical (unpaired) electrons. The molecule has 0 saturated carbocycles. The summed E-state index contributed by atoms with van der Waals surface area (Å²) in [7, 11) is 0. The molecule has 1 N–H and O–H groups in total. The number of rotatable bonds is 9. The minimum atomic E-state index is -4.52. The zero-order valence-corrected chi connectivity index (χ0v) is 21.5. The molecule has 2 amide bonds. The molecule has 1 aliphatic rings. The molecular weight excluding hydrogens is 541 g/mol.